The Kier molecular flexibility index (Phi) is 17.9. The van der Waals surface area contributed by atoms with Crippen LogP contribution in [0, 0.1) is 0 Å². The summed E-state index contributed by atoms with van der Waals surface area (Å²) >= 11 is 0. The van der Waals surface area contributed by atoms with E-state index >= 15 is 0 Å². The molecule has 0 aliphatic carbocycles. The average molecular weight is 340 g/mol. The monoisotopic (exact) mass is 339 g/mol. The summed E-state index contributed by atoms with van der Waals surface area (Å²) in [5, 5.41) is 0. The zero-order valence-electron chi connectivity index (χ0n) is 16.2. The maximum atomic E-state index is 11.0. The lowest BCUT2D eigenvalue weighted by Gasteiger charge is -2.07. The topological polar surface area (TPSA) is 52.3 Å². The van der Waals surface area contributed by atoms with Crippen molar-refractivity contribution >= 4 is 5.91 Å². The summed E-state index contributed by atoms with van der Waals surface area (Å²) in [7, 11) is 1.52. The number of rotatable bonds is 18. The van der Waals surface area contributed by atoms with Gasteiger partial charge in [-0.05, 0) is 12.8 Å². The van der Waals surface area contributed by atoms with Crippen molar-refractivity contribution in [2.45, 2.75) is 109 Å². The van der Waals surface area contributed by atoms with Gasteiger partial charge in [-0.1, -0.05) is 96.1 Å². The van der Waals surface area contributed by atoms with E-state index in [1.54, 1.807) is 0 Å². The van der Waals surface area contributed by atoms with Gasteiger partial charge in [0.2, 0.25) is 5.91 Å². The van der Waals surface area contributed by atoms with E-state index in [9.17, 15) is 4.79 Å². The van der Waals surface area contributed by atoms with Crippen LogP contribution >= 0.6 is 0 Å². The van der Waals surface area contributed by atoms with Crippen LogP contribution in [0.1, 0.15) is 103 Å². The molecule has 24 heavy (non-hydrogen) atoms. The third kappa shape index (κ3) is 16.0. The Bertz CT molecular complexity index is 302. The van der Waals surface area contributed by atoms with Gasteiger partial charge in [0.1, 0.15) is 6.10 Å². The number of hydrogen-bond donors (Lipinski definition) is 1. The van der Waals surface area contributed by atoms with Crippen LogP contribution < -0.4 is 5.73 Å². The van der Waals surface area contributed by atoms with Gasteiger partial charge in [0.05, 0.1) is 0 Å². The van der Waals surface area contributed by atoms with Crippen LogP contribution in [0.25, 0.3) is 0 Å². The Morgan fingerprint density at radius 2 is 1.29 bits per heavy atom. The van der Waals surface area contributed by atoms with E-state index in [1.807, 2.05) is 6.08 Å². The molecule has 142 valence electrons. The molecule has 1 amide bonds. The first kappa shape index (κ1) is 23.2. The quantitative estimate of drug-likeness (QED) is 0.249. The number of hydrogen-bond acceptors (Lipinski definition) is 2. The first-order valence-corrected chi connectivity index (χ1v) is 10.2. The van der Waals surface area contributed by atoms with E-state index < -0.39 is 6.10 Å². The normalized spacial score (nSPS) is 12.8. The highest BCUT2D eigenvalue weighted by molar-refractivity contribution is 5.78. The zero-order chi connectivity index (χ0) is 17.9. The van der Waals surface area contributed by atoms with Crippen molar-refractivity contribution in [2.24, 2.45) is 5.73 Å². The molecule has 0 rings (SSSR count). The van der Waals surface area contributed by atoms with Crippen LogP contribution in [0.4, 0.5) is 0 Å². The molecule has 0 heterocycles. The van der Waals surface area contributed by atoms with Gasteiger partial charge in [-0.3, -0.25) is 4.79 Å². The molecule has 2 N–H and O–H groups in total. The number of methoxy groups -OCH3 is 1. The van der Waals surface area contributed by atoms with Crippen molar-refractivity contribution in [3.8, 4) is 0 Å². The standard InChI is InChI=1S/C21H41NO2/c1-3-4-5-6-7-8-9-10-11-12-13-14-15-16-17-18-19-20(24-2)21(22)23/h17-18,20H,3-16,19H2,1-2H3,(H2,22,23)/b18-17+. The lowest BCUT2D eigenvalue weighted by Crippen LogP contribution is -2.29. The fraction of sp³-hybridized carbons (Fsp3) is 0.857. The molecule has 0 bridgehead atoms. The second-order valence-electron chi connectivity index (χ2n) is 6.87. The maximum Gasteiger partial charge on any atom is 0.246 e. The maximum absolute atomic E-state index is 11.0. The molecule has 0 saturated carbocycles. The van der Waals surface area contributed by atoms with Crippen LogP contribution in [0.15, 0.2) is 12.2 Å². The molecular weight excluding hydrogens is 298 g/mol. The van der Waals surface area contributed by atoms with E-state index in [2.05, 4.69) is 13.0 Å². The molecule has 1 atom stereocenters. The van der Waals surface area contributed by atoms with E-state index in [1.165, 1.54) is 90.6 Å². The van der Waals surface area contributed by atoms with Gasteiger partial charge in [-0.15, -0.1) is 0 Å². The summed E-state index contributed by atoms with van der Waals surface area (Å²) in [6.45, 7) is 2.27. The van der Waals surface area contributed by atoms with Crippen molar-refractivity contribution in [1.82, 2.24) is 0 Å². The summed E-state index contributed by atoms with van der Waals surface area (Å²) in [6, 6.07) is 0. The van der Waals surface area contributed by atoms with Gasteiger partial charge < -0.3 is 10.5 Å². The predicted molar refractivity (Wildman–Crippen MR) is 104 cm³/mol. The largest absolute Gasteiger partial charge is 0.371 e. The lowest BCUT2D eigenvalue weighted by atomic mass is 10.0. The molecule has 0 fully saturated rings. The Morgan fingerprint density at radius 1 is 0.833 bits per heavy atom. The smallest absolute Gasteiger partial charge is 0.246 e. The number of unbranched alkanes of at least 4 members (excludes halogenated alkanes) is 13. The summed E-state index contributed by atoms with van der Waals surface area (Å²) in [6.07, 6.45) is 23.4. The van der Waals surface area contributed by atoms with E-state index in [0.29, 0.717) is 6.42 Å². The minimum Gasteiger partial charge on any atom is -0.371 e. The molecule has 0 aromatic heterocycles. The van der Waals surface area contributed by atoms with E-state index in [-0.39, 0.29) is 5.91 Å². The van der Waals surface area contributed by atoms with E-state index in [0.717, 1.165) is 6.42 Å². The Labute approximate surface area is 150 Å². The highest BCUT2D eigenvalue weighted by Gasteiger charge is 2.10. The predicted octanol–water partition coefficient (Wildman–Crippen LogP) is 5.91. The van der Waals surface area contributed by atoms with Gasteiger partial charge in [0, 0.05) is 13.5 Å². The molecule has 0 aliphatic rings. The molecular formula is C21H41NO2. The summed E-state index contributed by atoms with van der Waals surface area (Å²) < 4.78 is 5.01. The van der Waals surface area contributed by atoms with Gasteiger partial charge >= 0.3 is 0 Å². The first-order chi connectivity index (χ1) is 11.7. The number of carbonyl (C=O) groups is 1. The number of nitrogens with two attached hydrogens (primary N) is 1. The van der Waals surface area contributed by atoms with Crippen molar-refractivity contribution in [1.29, 1.82) is 0 Å². The summed E-state index contributed by atoms with van der Waals surface area (Å²) in [4.78, 5) is 11.0. The average Bonchev–Trinajstić information content (AvgIpc) is 2.57. The molecule has 0 aromatic carbocycles. The van der Waals surface area contributed by atoms with Crippen LogP contribution in [-0.2, 0) is 9.53 Å². The van der Waals surface area contributed by atoms with Crippen LogP contribution in [0.5, 0.6) is 0 Å². The van der Waals surface area contributed by atoms with Crippen molar-refractivity contribution in [2.75, 3.05) is 7.11 Å². The molecule has 3 nitrogen and oxygen atoms in total. The first-order valence-electron chi connectivity index (χ1n) is 10.2. The minimum atomic E-state index is -0.479. The molecule has 0 saturated heterocycles. The molecule has 0 aromatic rings. The number of amides is 1. The van der Waals surface area contributed by atoms with Gasteiger partial charge in [0.25, 0.3) is 0 Å². The van der Waals surface area contributed by atoms with Gasteiger partial charge in [-0.2, -0.15) is 0 Å². The Balaban J connectivity index is 3.21. The molecule has 1 unspecified atom stereocenters. The van der Waals surface area contributed by atoms with Gasteiger partial charge in [0.15, 0.2) is 0 Å². The lowest BCUT2D eigenvalue weighted by molar-refractivity contribution is -0.127. The molecule has 0 spiro atoms. The number of carbonyl (C=O) groups excluding carboxylic acids is 1. The van der Waals surface area contributed by atoms with Crippen molar-refractivity contribution in [3.05, 3.63) is 12.2 Å². The number of primary amides is 1. The Hall–Kier alpha value is -0.830. The highest BCUT2D eigenvalue weighted by Crippen LogP contribution is 2.13. The second-order valence-corrected chi connectivity index (χ2v) is 6.87. The third-order valence-electron chi connectivity index (χ3n) is 4.59. The van der Waals surface area contributed by atoms with Crippen LogP contribution in [0.3, 0.4) is 0 Å². The minimum absolute atomic E-state index is 0.386. The summed E-state index contributed by atoms with van der Waals surface area (Å²) in [5.74, 6) is -0.386. The van der Waals surface area contributed by atoms with Crippen molar-refractivity contribution < 1.29 is 9.53 Å². The van der Waals surface area contributed by atoms with Crippen LogP contribution in [0.2, 0.25) is 0 Å². The van der Waals surface area contributed by atoms with E-state index in [4.69, 9.17) is 10.5 Å². The number of ether oxygens (including phenoxy) is 1. The SMILES string of the molecule is CCCCCCCCCCCCCCC/C=C/CC(OC)C(N)=O. The summed E-state index contributed by atoms with van der Waals surface area (Å²) in [5.41, 5.74) is 5.22. The fourth-order valence-corrected chi connectivity index (χ4v) is 2.95. The van der Waals surface area contributed by atoms with Crippen LogP contribution in [-0.4, -0.2) is 19.1 Å². The zero-order valence-corrected chi connectivity index (χ0v) is 16.2. The molecule has 0 radical (unpaired) electrons. The van der Waals surface area contributed by atoms with Crippen molar-refractivity contribution in [3.63, 3.8) is 0 Å². The highest BCUT2D eigenvalue weighted by atomic mass is 16.5. The molecule has 0 aliphatic heterocycles. The fourth-order valence-electron chi connectivity index (χ4n) is 2.95. The number of allylic oxidation sites excluding steroid dienone is 1. The second kappa shape index (κ2) is 18.5. The Morgan fingerprint density at radius 3 is 1.71 bits per heavy atom. The van der Waals surface area contributed by atoms with Gasteiger partial charge in [-0.25, -0.2) is 0 Å². The third-order valence-corrected chi connectivity index (χ3v) is 4.59. The molecule has 3 heteroatoms.